The first-order valence-electron chi connectivity index (χ1n) is 8.80. The maximum Gasteiger partial charge on any atom is 0.267 e. The van der Waals surface area contributed by atoms with Crippen LogP contribution in [0.3, 0.4) is 0 Å². The lowest BCUT2D eigenvalue weighted by atomic mass is 10.1. The Hall–Kier alpha value is -1.34. The van der Waals surface area contributed by atoms with Crippen molar-refractivity contribution in [3.8, 4) is 0 Å². The summed E-state index contributed by atoms with van der Waals surface area (Å²) in [7, 11) is 0. The van der Waals surface area contributed by atoms with Gasteiger partial charge in [-0.3, -0.25) is 9.59 Å². The summed E-state index contributed by atoms with van der Waals surface area (Å²) in [6, 6.07) is 1.34. The third-order valence-electron chi connectivity index (χ3n) is 5.28. The molecule has 2 fully saturated rings. The quantitative estimate of drug-likeness (QED) is 0.890. The van der Waals surface area contributed by atoms with Crippen molar-refractivity contribution in [2.45, 2.75) is 49.9 Å². The molecule has 2 aliphatic heterocycles. The van der Waals surface area contributed by atoms with Crippen LogP contribution < -0.4 is 10.9 Å². The maximum absolute atomic E-state index is 12.5. The molecule has 2 atom stereocenters. The number of rotatable bonds is 3. The second-order valence-corrected chi connectivity index (χ2v) is 8.01. The van der Waals surface area contributed by atoms with Crippen molar-refractivity contribution in [2.75, 3.05) is 19.0 Å². The number of nitrogens with zero attached hydrogens (tertiary/aromatic N) is 2. The molecule has 0 aromatic carbocycles. The van der Waals surface area contributed by atoms with Gasteiger partial charge in [0, 0.05) is 24.2 Å². The van der Waals surface area contributed by atoms with Crippen LogP contribution in [0.1, 0.15) is 43.0 Å². The highest BCUT2D eigenvalue weighted by molar-refractivity contribution is 7.98. The number of carbonyl (C=O) groups excluding carboxylic acids is 1. The number of fused-ring (bicyclic) bond motifs is 1. The highest BCUT2D eigenvalue weighted by atomic mass is 32.2. The van der Waals surface area contributed by atoms with Gasteiger partial charge in [0.05, 0.1) is 24.9 Å². The molecule has 1 saturated carbocycles. The van der Waals surface area contributed by atoms with E-state index >= 15 is 0 Å². The first-order chi connectivity index (χ1) is 11.7. The molecule has 2 unspecified atom stereocenters. The molecule has 1 aromatic heterocycles. The van der Waals surface area contributed by atoms with E-state index in [9.17, 15) is 9.59 Å². The van der Waals surface area contributed by atoms with Crippen LogP contribution in [-0.2, 0) is 21.7 Å². The standard InChI is InChI=1S/C17H23N3O3S/c21-16-7-12-10-24-6-5-13(12)19-20(16)15-9-23-8-14(15)18-17(22)11-3-1-2-4-11/h7,11,14-15H,1-6,8-10H2,(H,18,22). The Morgan fingerprint density at radius 3 is 3.00 bits per heavy atom. The summed E-state index contributed by atoms with van der Waals surface area (Å²) in [4.78, 5) is 24.9. The fourth-order valence-electron chi connectivity index (χ4n) is 3.88. The lowest BCUT2D eigenvalue weighted by molar-refractivity contribution is -0.125. The normalized spacial score (nSPS) is 27.2. The summed E-state index contributed by atoms with van der Waals surface area (Å²) >= 11 is 1.84. The fourth-order valence-corrected chi connectivity index (χ4v) is 4.83. The minimum atomic E-state index is -0.206. The Bertz CT molecular complexity index is 684. The van der Waals surface area contributed by atoms with Gasteiger partial charge < -0.3 is 10.1 Å². The van der Waals surface area contributed by atoms with Crippen molar-refractivity contribution in [3.63, 3.8) is 0 Å². The minimum Gasteiger partial charge on any atom is -0.377 e. The average molecular weight is 349 g/mol. The van der Waals surface area contributed by atoms with E-state index in [1.807, 2.05) is 11.8 Å². The molecule has 7 heteroatoms. The van der Waals surface area contributed by atoms with Crippen LogP contribution in [-0.4, -0.2) is 40.7 Å². The molecule has 0 bridgehead atoms. The van der Waals surface area contributed by atoms with E-state index in [0.717, 1.165) is 54.9 Å². The van der Waals surface area contributed by atoms with Gasteiger partial charge in [0.25, 0.3) is 5.56 Å². The van der Waals surface area contributed by atoms with Gasteiger partial charge >= 0.3 is 0 Å². The van der Waals surface area contributed by atoms with E-state index in [1.54, 1.807) is 10.7 Å². The maximum atomic E-state index is 12.5. The second kappa shape index (κ2) is 6.88. The third kappa shape index (κ3) is 3.11. The average Bonchev–Trinajstić information content (AvgIpc) is 3.26. The van der Waals surface area contributed by atoms with Gasteiger partial charge in [0.1, 0.15) is 6.04 Å². The van der Waals surface area contributed by atoms with Gasteiger partial charge in [-0.2, -0.15) is 16.9 Å². The smallest absolute Gasteiger partial charge is 0.267 e. The van der Waals surface area contributed by atoms with Crippen molar-refractivity contribution in [1.29, 1.82) is 0 Å². The van der Waals surface area contributed by atoms with Crippen molar-refractivity contribution in [2.24, 2.45) is 5.92 Å². The Kier molecular flexibility index (Phi) is 4.63. The van der Waals surface area contributed by atoms with Crippen molar-refractivity contribution < 1.29 is 9.53 Å². The molecule has 3 aliphatic rings. The number of thioether (sulfide) groups is 1. The molecular weight excluding hydrogens is 326 g/mol. The largest absolute Gasteiger partial charge is 0.377 e. The van der Waals surface area contributed by atoms with Gasteiger partial charge in [-0.05, 0) is 24.2 Å². The molecule has 1 saturated heterocycles. The number of hydrogen-bond acceptors (Lipinski definition) is 5. The van der Waals surface area contributed by atoms with E-state index in [4.69, 9.17) is 4.74 Å². The van der Waals surface area contributed by atoms with E-state index in [2.05, 4.69) is 10.4 Å². The molecule has 1 aliphatic carbocycles. The molecule has 1 amide bonds. The third-order valence-corrected chi connectivity index (χ3v) is 6.29. The van der Waals surface area contributed by atoms with Crippen molar-refractivity contribution in [3.05, 3.63) is 27.7 Å². The molecule has 0 radical (unpaired) electrons. The number of ether oxygens (including phenoxy) is 1. The van der Waals surface area contributed by atoms with Gasteiger partial charge in [-0.25, -0.2) is 4.68 Å². The van der Waals surface area contributed by atoms with Crippen molar-refractivity contribution >= 4 is 17.7 Å². The van der Waals surface area contributed by atoms with Gasteiger partial charge in [0.15, 0.2) is 0 Å². The highest BCUT2D eigenvalue weighted by Crippen LogP contribution is 2.27. The number of nitrogens with one attached hydrogen (secondary N) is 1. The Labute approximate surface area is 145 Å². The molecule has 0 spiro atoms. The van der Waals surface area contributed by atoms with Crippen LogP contribution in [0.15, 0.2) is 10.9 Å². The molecule has 24 heavy (non-hydrogen) atoms. The summed E-state index contributed by atoms with van der Waals surface area (Å²) in [5, 5.41) is 7.72. The van der Waals surface area contributed by atoms with E-state index in [1.165, 1.54) is 0 Å². The molecule has 3 heterocycles. The Morgan fingerprint density at radius 1 is 1.33 bits per heavy atom. The van der Waals surface area contributed by atoms with Crippen LogP contribution in [0.5, 0.6) is 0 Å². The van der Waals surface area contributed by atoms with Crippen LogP contribution in [0.4, 0.5) is 0 Å². The molecule has 4 rings (SSSR count). The highest BCUT2D eigenvalue weighted by Gasteiger charge is 2.35. The number of aromatic nitrogens is 2. The van der Waals surface area contributed by atoms with E-state index in [-0.39, 0.29) is 29.5 Å². The van der Waals surface area contributed by atoms with Gasteiger partial charge in [-0.15, -0.1) is 0 Å². The van der Waals surface area contributed by atoms with E-state index in [0.29, 0.717) is 13.2 Å². The molecular formula is C17H23N3O3S. The predicted molar refractivity (Wildman–Crippen MR) is 92.1 cm³/mol. The number of amides is 1. The minimum absolute atomic E-state index is 0.0909. The summed E-state index contributed by atoms with van der Waals surface area (Å²) in [6.45, 7) is 0.875. The first kappa shape index (κ1) is 16.1. The predicted octanol–water partition coefficient (Wildman–Crippen LogP) is 1.28. The molecule has 6 nitrogen and oxygen atoms in total. The first-order valence-corrected chi connectivity index (χ1v) is 9.95. The van der Waals surface area contributed by atoms with Crippen molar-refractivity contribution in [1.82, 2.24) is 15.1 Å². The Morgan fingerprint density at radius 2 is 2.17 bits per heavy atom. The van der Waals surface area contributed by atoms with Crippen LogP contribution in [0, 0.1) is 5.92 Å². The SMILES string of the molecule is O=C(NC1COCC1n1nc2c(cc1=O)CSCC2)C1CCCC1. The number of hydrogen-bond donors (Lipinski definition) is 1. The fraction of sp³-hybridized carbons (Fsp3) is 0.706. The number of aryl methyl sites for hydroxylation is 1. The zero-order valence-corrected chi connectivity index (χ0v) is 14.5. The van der Waals surface area contributed by atoms with Crippen LogP contribution in [0.25, 0.3) is 0 Å². The second-order valence-electron chi connectivity index (χ2n) is 6.90. The zero-order valence-electron chi connectivity index (χ0n) is 13.7. The van der Waals surface area contributed by atoms with Crippen LogP contribution in [0.2, 0.25) is 0 Å². The lowest BCUT2D eigenvalue weighted by Crippen LogP contribution is -2.46. The molecule has 130 valence electrons. The lowest BCUT2D eigenvalue weighted by Gasteiger charge is -2.23. The summed E-state index contributed by atoms with van der Waals surface area (Å²) in [6.07, 6.45) is 5.10. The zero-order chi connectivity index (χ0) is 16.5. The topological polar surface area (TPSA) is 73.2 Å². The Balaban J connectivity index is 1.54. The molecule has 1 aromatic rings. The summed E-state index contributed by atoms with van der Waals surface area (Å²) in [5.41, 5.74) is 1.98. The van der Waals surface area contributed by atoms with Crippen LogP contribution >= 0.6 is 11.8 Å². The molecule has 1 N–H and O–H groups in total. The monoisotopic (exact) mass is 349 g/mol. The van der Waals surface area contributed by atoms with Gasteiger partial charge in [-0.1, -0.05) is 12.8 Å². The summed E-state index contributed by atoms with van der Waals surface area (Å²) in [5.74, 6) is 2.13. The van der Waals surface area contributed by atoms with Gasteiger partial charge in [0.2, 0.25) is 5.91 Å². The number of carbonyl (C=O) groups is 1. The summed E-state index contributed by atoms with van der Waals surface area (Å²) < 4.78 is 7.11. The van der Waals surface area contributed by atoms with E-state index < -0.39 is 0 Å².